The monoisotopic (exact) mass is 296 g/mol. The van der Waals surface area contributed by atoms with Crippen LogP contribution in [0.5, 0.6) is 0 Å². The Morgan fingerprint density at radius 3 is 2.70 bits per heavy atom. The number of hydrogen-bond donors (Lipinski definition) is 1. The lowest BCUT2D eigenvalue weighted by molar-refractivity contribution is 0.0960. The molecule has 116 valence electrons. The average Bonchev–Trinajstić information content (AvgIpc) is 2.89. The van der Waals surface area contributed by atoms with Crippen molar-refractivity contribution in [3.8, 4) is 0 Å². The van der Waals surface area contributed by atoms with E-state index in [1.807, 2.05) is 0 Å². The molecule has 3 fully saturated rings. The van der Waals surface area contributed by atoms with Crippen LogP contribution in [0.15, 0.2) is 0 Å². The minimum Gasteiger partial charge on any atom is -0.311 e. The van der Waals surface area contributed by atoms with E-state index in [0.29, 0.717) is 10.8 Å². The first kappa shape index (κ1) is 15.2. The number of thioether (sulfide) groups is 1. The fourth-order valence-electron chi connectivity index (χ4n) is 4.41. The minimum atomic E-state index is 0.530. The summed E-state index contributed by atoms with van der Waals surface area (Å²) in [6, 6.07) is 1.48. The molecule has 3 heteroatoms. The average molecular weight is 297 g/mol. The number of hydrogen-bond acceptors (Lipinski definition) is 3. The van der Waals surface area contributed by atoms with Gasteiger partial charge in [0.25, 0.3) is 0 Å². The second-order valence-electron chi connectivity index (χ2n) is 7.59. The molecule has 1 saturated carbocycles. The van der Waals surface area contributed by atoms with Crippen molar-refractivity contribution in [2.75, 3.05) is 25.4 Å². The first-order valence-corrected chi connectivity index (χ1v) is 9.76. The van der Waals surface area contributed by atoms with E-state index in [1.165, 1.54) is 70.3 Å². The van der Waals surface area contributed by atoms with Crippen LogP contribution >= 0.6 is 11.8 Å². The van der Waals surface area contributed by atoms with Crippen LogP contribution in [0, 0.1) is 5.92 Å². The van der Waals surface area contributed by atoms with E-state index in [1.54, 1.807) is 0 Å². The smallest absolute Gasteiger partial charge is 0.0259 e. The molecule has 0 aromatic heterocycles. The van der Waals surface area contributed by atoms with Gasteiger partial charge in [-0.25, -0.2) is 0 Å². The van der Waals surface area contributed by atoms with Gasteiger partial charge < -0.3 is 5.32 Å². The molecule has 0 aromatic rings. The second-order valence-corrected chi connectivity index (χ2v) is 9.28. The van der Waals surface area contributed by atoms with Gasteiger partial charge in [-0.15, -0.1) is 0 Å². The molecular formula is C17H32N2S. The number of nitrogens with one attached hydrogen (secondary N) is 1. The summed E-state index contributed by atoms with van der Waals surface area (Å²) < 4.78 is 0.530. The summed E-state index contributed by atoms with van der Waals surface area (Å²) in [5, 5.41) is 3.86. The summed E-state index contributed by atoms with van der Waals surface area (Å²) in [6.45, 7) is 8.70. The molecule has 0 amide bonds. The summed E-state index contributed by atoms with van der Waals surface area (Å²) in [6.07, 6.45) is 10.2. The third-order valence-electron chi connectivity index (χ3n) is 5.79. The van der Waals surface area contributed by atoms with E-state index in [-0.39, 0.29) is 0 Å². The lowest BCUT2D eigenvalue weighted by Gasteiger charge is -2.45. The highest BCUT2D eigenvalue weighted by atomic mass is 32.2. The standard InChI is InChI=1S/C17H32N2S/c1-14-11-18-16(15-7-4-3-5-8-15)12-19(14)13-17(2)9-6-10-20-17/h14-16,18H,3-13H2,1-2H3. The Morgan fingerprint density at radius 2 is 2.00 bits per heavy atom. The topological polar surface area (TPSA) is 15.3 Å². The van der Waals surface area contributed by atoms with Crippen LogP contribution in [0.4, 0.5) is 0 Å². The van der Waals surface area contributed by atoms with Crippen LogP contribution in [0.3, 0.4) is 0 Å². The van der Waals surface area contributed by atoms with E-state index in [0.717, 1.165) is 12.0 Å². The first-order chi connectivity index (χ1) is 9.66. The predicted molar refractivity (Wildman–Crippen MR) is 89.5 cm³/mol. The lowest BCUT2D eigenvalue weighted by Crippen LogP contribution is -2.60. The van der Waals surface area contributed by atoms with Crippen molar-refractivity contribution in [3.63, 3.8) is 0 Å². The zero-order valence-corrected chi connectivity index (χ0v) is 14.2. The maximum Gasteiger partial charge on any atom is 0.0259 e. The molecule has 20 heavy (non-hydrogen) atoms. The summed E-state index contributed by atoms with van der Waals surface area (Å²) in [7, 11) is 0. The molecule has 2 heterocycles. The third kappa shape index (κ3) is 3.53. The van der Waals surface area contributed by atoms with Gasteiger partial charge in [0.05, 0.1) is 0 Å². The van der Waals surface area contributed by atoms with Gasteiger partial charge in [0.2, 0.25) is 0 Å². The SMILES string of the molecule is CC1CNC(C2CCCCC2)CN1CC1(C)CCCS1. The second kappa shape index (κ2) is 6.58. The van der Waals surface area contributed by atoms with Crippen LogP contribution in [-0.2, 0) is 0 Å². The van der Waals surface area contributed by atoms with Crippen LogP contribution in [0.1, 0.15) is 58.8 Å². The lowest BCUT2D eigenvalue weighted by atomic mass is 9.82. The number of rotatable bonds is 3. The molecule has 0 aromatic carbocycles. The summed E-state index contributed by atoms with van der Waals surface area (Å²) >= 11 is 2.22. The molecule has 2 aliphatic heterocycles. The van der Waals surface area contributed by atoms with E-state index >= 15 is 0 Å². The molecule has 3 unspecified atom stereocenters. The highest BCUT2D eigenvalue weighted by molar-refractivity contribution is 8.00. The maximum absolute atomic E-state index is 3.86. The molecule has 2 nitrogen and oxygen atoms in total. The van der Waals surface area contributed by atoms with Crippen molar-refractivity contribution >= 4 is 11.8 Å². The van der Waals surface area contributed by atoms with E-state index in [9.17, 15) is 0 Å². The Balaban J connectivity index is 1.58. The van der Waals surface area contributed by atoms with Gasteiger partial charge >= 0.3 is 0 Å². The maximum atomic E-state index is 3.86. The fraction of sp³-hybridized carbons (Fsp3) is 1.00. The highest BCUT2D eigenvalue weighted by Crippen LogP contribution is 2.39. The highest BCUT2D eigenvalue weighted by Gasteiger charge is 2.37. The predicted octanol–water partition coefficient (Wildman–Crippen LogP) is 3.51. The number of piperazine rings is 1. The first-order valence-electron chi connectivity index (χ1n) is 8.78. The molecule has 0 radical (unpaired) electrons. The third-order valence-corrected chi connectivity index (χ3v) is 7.31. The van der Waals surface area contributed by atoms with Gasteiger partial charge in [0, 0.05) is 36.5 Å². The van der Waals surface area contributed by atoms with Crippen LogP contribution < -0.4 is 5.32 Å². The molecule has 1 N–H and O–H groups in total. The van der Waals surface area contributed by atoms with E-state index in [4.69, 9.17) is 0 Å². The summed E-state index contributed by atoms with van der Waals surface area (Å²) in [5.74, 6) is 2.33. The molecule has 2 saturated heterocycles. The van der Waals surface area contributed by atoms with Gasteiger partial charge in [-0.05, 0) is 51.2 Å². The zero-order chi connectivity index (χ0) is 14.0. The largest absolute Gasteiger partial charge is 0.311 e. The van der Waals surface area contributed by atoms with E-state index < -0.39 is 0 Å². The Labute approximate surface area is 129 Å². The quantitative estimate of drug-likeness (QED) is 0.858. The Bertz CT molecular complexity index is 308. The van der Waals surface area contributed by atoms with Gasteiger partial charge in [-0.3, -0.25) is 4.90 Å². The van der Waals surface area contributed by atoms with Crippen molar-refractivity contribution in [3.05, 3.63) is 0 Å². The van der Waals surface area contributed by atoms with Crippen molar-refractivity contribution in [1.82, 2.24) is 10.2 Å². The molecule has 3 atom stereocenters. The Kier molecular flexibility index (Phi) is 4.99. The molecular weight excluding hydrogens is 264 g/mol. The van der Waals surface area contributed by atoms with Gasteiger partial charge in [-0.1, -0.05) is 19.3 Å². The molecule has 3 aliphatic rings. The van der Waals surface area contributed by atoms with Crippen LogP contribution in [0.25, 0.3) is 0 Å². The van der Waals surface area contributed by atoms with Crippen molar-refractivity contribution in [1.29, 1.82) is 0 Å². The van der Waals surface area contributed by atoms with Crippen LogP contribution in [-0.4, -0.2) is 47.1 Å². The normalized spacial score (nSPS) is 41.1. The minimum absolute atomic E-state index is 0.530. The molecule has 0 spiro atoms. The van der Waals surface area contributed by atoms with Gasteiger partial charge in [-0.2, -0.15) is 11.8 Å². The summed E-state index contributed by atoms with van der Waals surface area (Å²) in [4.78, 5) is 2.80. The van der Waals surface area contributed by atoms with Crippen molar-refractivity contribution in [2.24, 2.45) is 5.92 Å². The van der Waals surface area contributed by atoms with Gasteiger partial charge in [0.15, 0.2) is 0 Å². The fourth-order valence-corrected chi connectivity index (χ4v) is 5.74. The van der Waals surface area contributed by atoms with Crippen LogP contribution in [0.2, 0.25) is 0 Å². The molecule has 0 bridgehead atoms. The van der Waals surface area contributed by atoms with Crippen molar-refractivity contribution in [2.45, 2.75) is 75.6 Å². The Hall–Kier alpha value is 0.270. The molecule has 3 rings (SSSR count). The van der Waals surface area contributed by atoms with Crippen molar-refractivity contribution < 1.29 is 0 Å². The molecule has 1 aliphatic carbocycles. The van der Waals surface area contributed by atoms with E-state index in [2.05, 4.69) is 35.8 Å². The number of nitrogens with zero attached hydrogens (tertiary/aromatic N) is 1. The Morgan fingerprint density at radius 1 is 1.20 bits per heavy atom. The van der Waals surface area contributed by atoms with Gasteiger partial charge in [0.1, 0.15) is 0 Å². The zero-order valence-electron chi connectivity index (χ0n) is 13.4. The summed E-state index contributed by atoms with van der Waals surface area (Å²) in [5.41, 5.74) is 0.